The van der Waals surface area contributed by atoms with Crippen molar-refractivity contribution in [3.05, 3.63) is 47.5 Å². The van der Waals surface area contributed by atoms with Crippen molar-refractivity contribution in [2.24, 2.45) is 0 Å². The Kier molecular flexibility index (Phi) is 3.53. The molecule has 0 bridgehead atoms. The fraction of sp³-hybridized carbons (Fsp3) is 0.167. The van der Waals surface area contributed by atoms with E-state index in [0.717, 1.165) is 20.8 Å². The Bertz CT molecular complexity index is 1080. The maximum absolute atomic E-state index is 13.2. The van der Waals surface area contributed by atoms with Gasteiger partial charge in [-0.1, -0.05) is 46.8 Å². The number of amides is 2. The van der Waals surface area contributed by atoms with Crippen LogP contribution in [0, 0.1) is 0 Å². The highest BCUT2D eigenvalue weighted by atomic mass is 35.5. The van der Waals surface area contributed by atoms with Gasteiger partial charge in [0.1, 0.15) is 0 Å². The molecule has 5 rings (SSSR count). The van der Waals surface area contributed by atoms with E-state index in [1.807, 2.05) is 36.4 Å². The fourth-order valence-corrected chi connectivity index (χ4v) is 6.00. The van der Waals surface area contributed by atoms with Gasteiger partial charge >= 0.3 is 0 Å². The van der Waals surface area contributed by atoms with Crippen LogP contribution >= 0.6 is 34.7 Å². The van der Waals surface area contributed by atoms with Gasteiger partial charge in [0.15, 0.2) is 10.0 Å². The zero-order valence-electron chi connectivity index (χ0n) is 13.4. The summed E-state index contributed by atoms with van der Waals surface area (Å²) in [5.74, 6) is -0.233. The monoisotopic (exact) mass is 401 g/mol. The number of nitrogens with one attached hydrogen (secondary N) is 1. The first-order chi connectivity index (χ1) is 12.6. The lowest BCUT2D eigenvalue weighted by atomic mass is 10.2. The molecule has 1 atom stereocenters. The van der Waals surface area contributed by atoms with Crippen molar-refractivity contribution in [3.63, 3.8) is 0 Å². The van der Waals surface area contributed by atoms with Crippen LogP contribution in [0.2, 0.25) is 5.02 Å². The number of nitrogens with zero attached hydrogens (tertiary/aromatic N) is 2. The van der Waals surface area contributed by atoms with Gasteiger partial charge in [0.05, 0.1) is 15.9 Å². The Labute approximate surface area is 162 Å². The number of benzene rings is 2. The molecule has 3 aromatic rings. The Morgan fingerprint density at radius 1 is 1.27 bits per heavy atom. The van der Waals surface area contributed by atoms with Gasteiger partial charge in [-0.3, -0.25) is 19.8 Å². The average Bonchev–Trinajstić information content (AvgIpc) is 3.26. The molecule has 1 fully saturated rings. The molecule has 2 aromatic carbocycles. The first-order valence-corrected chi connectivity index (χ1v) is 10.1. The lowest BCUT2D eigenvalue weighted by Crippen LogP contribution is -2.49. The van der Waals surface area contributed by atoms with Gasteiger partial charge in [0, 0.05) is 16.3 Å². The highest BCUT2D eigenvalue weighted by Crippen LogP contribution is 2.56. The molecule has 3 heterocycles. The van der Waals surface area contributed by atoms with Crippen molar-refractivity contribution in [2.45, 2.75) is 22.6 Å². The zero-order valence-corrected chi connectivity index (χ0v) is 15.7. The minimum Gasteiger partial charge on any atom is -0.299 e. The second-order valence-electron chi connectivity index (χ2n) is 6.17. The zero-order chi connectivity index (χ0) is 17.9. The molecule has 0 radical (unpaired) electrons. The largest absolute Gasteiger partial charge is 0.299 e. The van der Waals surface area contributed by atoms with Crippen LogP contribution in [0.15, 0.2) is 47.4 Å². The number of hydrogen-bond acceptors (Lipinski definition) is 5. The Balaban J connectivity index is 1.50. The second kappa shape index (κ2) is 5.70. The highest BCUT2D eigenvalue weighted by molar-refractivity contribution is 8.02. The number of thioether (sulfide) groups is 1. The summed E-state index contributed by atoms with van der Waals surface area (Å²) in [4.78, 5) is 31.8. The number of fused-ring (bicyclic) bond motifs is 4. The summed E-state index contributed by atoms with van der Waals surface area (Å²) in [6, 6.07) is 13.1. The van der Waals surface area contributed by atoms with E-state index in [9.17, 15) is 9.59 Å². The number of halogens is 1. The van der Waals surface area contributed by atoms with Crippen LogP contribution in [-0.2, 0) is 9.59 Å². The van der Waals surface area contributed by atoms with Gasteiger partial charge < -0.3 is 0 Å². The van der Waals surface area contributed by atoms with Crippen LogP contribution < -0.4 is 10.2 Å². The topological polar surface area (TPSA) is 62.3 Å². The standard InChI is InChI=1S/C18H12ClN3O2S2/c19-10-5-6-11-14(9-10)25-17(20-11)21-16(24)18-8-7-15(23)22(18)12-3-1-2-4-13(12)26-18/h1-6,9H,7-8H2,(H,20,21,24)/t18-/m0/s1. The van der Waals surface area contributed by atoms with Gasteiger partial charge in [-0.25, -0.2) is 4.98 Å². The molecule has 0 saturated carbocycles. The number of rotatable bonds is 2. The Morgan fingerprint density at radius 3 is 3.00 bits per heavy atom. The lowest BCUT2D eigenvalue weighted by Gasteiger charge is -2.29. The smallest absolute Gasteiger partial charge is 0.263 e. The van der Waals surface area contributed by atoms with E-state index < -0.39 is 4.87 Å². The third-order valence-corrected chi connectivity index (χ3v) is 7.24. The first-order valence-electron chi connectivity index (χ1n) is 8.05. The number of thiazole rings is 1. The molecule has 2 aliphatic heterocycles. The molecule has 2 aliphatic rings. The van der Waals surface area contributed by atoms with Gasteiger partial charge in [0.2, 0.25) is 5.91 Å². The summed E-state index contributed by atoms with van der Waals surface area (Å²) < 4.78 is 0.909. The summed E-state index contributed by atoms with van der Waals surface area (Å²) in [6.07, 6.45) is 0.845. The summed E-state index contributed by atoms with van der Waals surface area (Å²) in [6.45, 7) is 0. The van der Waals surface area contributed by atoms with Crippen LogP contribution in [0.4, 0.5) is 10.8 Å². The molecule has 2 amide bonds. The SMILES string of the molecule is O=C1CC[C@@]2(C(=O)Nc3nc4ccc(Cl)cc4s3)Sc3ccccc3N12. The number of aromatic nitrogens is 1. The summed E-state index contributed by atoms with van der Waals surface area (Å²) in [5.41, 5.74) is 1.60. The quantitative estimate of drug-likeness (QED) is 0.685. The van der Waals surface area contributed by atoms with Gasteiger partial charge in [-0.05, 0) is 36.8 Å². The van der Waals surface area contributed by atoms with E-state index in [-0.39, 0.29) is 11.8 Å². The predicted octanol–water partition coefficient (Wildman–Crippen LogP) is 4.52. The first kappa shape index (κ1) is 16.1. The van der Waals surface area contributed by atoms with Crippen molar-refractivity contribution in [2.75, 3.05) is 10.2 Å². The van der Waals surface area contributed by atoms with Crippen molar-refractivity contribution >= 4 is 67.5 Å². The molecular formula is C18H12ClN3O2S2. The number of para-hydroxylation sites is 1. The molecule has 26 heavy (non-hydrogen) atoms. The molecule has 0 aliphatic carbocycles. The van der Waals surface area contributed by atoms with Crippen LogP contribution in [0.5, 0.6) is 0 Å². The maximum atomic E-state index is 13.2. The number of hydrogen-bond donors (Lipinski definition) is 1. The van der Waals surface area contributed by atoms with Gasteiger partial charge in [0.25, 0.3) is 5.91 Å². The molecule has 1 aromatic heterocycles. The summed E-state index contributed by atoms with van der Waals surface area (Å²) in [7, 11) is 0. The molecular weight excluding hydrogens is 390 g/mol. The van der Waals surface area contributed by atoms with Crippen LogP contribution in [0.3, 0.4) is 0 Å². The van der Waals surface area contributed by atoms with Gasteiger partial charge in [-0.15, -0.1) is 0 Å². The molecule has 0 unspecified atom stereocenters. The maximum Gasteiger partial charge on any atom is 0.263 e. The fourth-order valence-electron chi connectivity index (χ4n) is 3.45. The van der Waals surface area contributed by atoms with E-state index in [2.05, 4.69) is 10.3 Å². The van der Waals surface area contributed by atoms with Gasteiger partial charge in [-0.2, -0.15) is 0 Å². The number of anilines is 2. The van der Waals surface area contributed by atoms with E-state index in [0.29, 0.717) is 23.0 Å². The molecule has 0 spiro atoms. The molecule has 130 valence electrons. The number of carbonyl (C=O) groups is 2. The van der Waals surface area contributed by atoms with E-state index in [4.69, 9.17) is 11.6 Å². The van der Waals surface area contributed by atoms with Crippen molar-refractivity contribution in [1.29, 1.82) is 0 Å². The lowest BCUT2D eigenvalue weighted by molar-refractivity contribution is -0.121. The normalized spacial score (nSPS) is 21.1. The van der Waals surface area contributed by atoms with Crippen molar-refractivity contribution in [1.82, 2.24) is 4.98 Å². The van der Waals surface area contributed by atoms with E-state index >= 15 is 0 Å². The van der Waals surface area contributed by atoms with Crippen molar-refractivity contribution in [3.8, 4) is 0 Å². The minimum atomic E-state index is -0.934. The van der Waals surface area contributed by atoms with Crippen LogP contribution in [-0.4, -0.2) is 21.7 Å². The van der Waals surface area contributed by atoms with Crippen LogP contribution in [0.25, 0.3) is 10.2 Å². The summed E-state index contributed by atoms with van der Waals surface area (Å²) >= 11 is 8.84. The molecule has 1 saturated heterocycles. The minimum absolute atomic E-state index is 0.0197. The van der Waals surface area contributed by atoms with E-state index in [1.54, 1.807) is 11.0 Å². The summed E-state index contributed by atoms with van der Waals surface area (Å²) in [5, 5.41) is 4.06. The number of carbonyl (C=O) groups excluding carboxylic acids is 2. The average molecular weight is 402 g/mol. The van der Waals surface area contributed by atoms with Crippen LogP contribution in [0.1, 0.15) is 12.8 Å². The third-order valence-electron chi connectivity index (χ3n) is 4.60. The highest BCUT2D eigenvalue weighted by Gasteiger charge is 2.57. The van der Waals surface area contributed by atoms with Crippen molar-refractivity contribution < 1.29 is 9.59 Å². The second-order valence-corrected chi connectivity index (χ2v) is 8.95. The predicted molar refractivity (Wildman–Crippen MR) is 105 cm³/mol. The molecule has 8 heteroatoms. The Hall–Kier alpha value is -2.09. The Morgan fingerprint density at radius 2 is 2.12 bits per heavy atom. The van der Waals surface area contributed by atoms with E-state index in [1.165, 1.54) is 23.1 Å². The molecule has 1 N–H and O–H groups in total. The molecule has 5 nitrogen and oxygen atoms in total. The third kappa shape index (κ3) is 2.27.